The summed E-state index contributed by atoms with van der Waals surface area (Å²) in [4.78, 5) is 32.3. The highest BCUT2D eigenvalue weighted by Crippen LogP contribution is 2.31. The summed E-state index contributed by atoms with van der Waals surface area (Å²) < 4.78 is 0. The molecule has 1 aliphatic rings. The summed E-state index contributed by atoms with van der Waals surface area (Å²) in [6.45, 7) is 4.28. The molecule has 2 atom stereocenters. The second-order valence-electron chi connectivity index (χ2n) is 8.84. The zero-order valence-electron chi connectivity index (χ0n) is 20.2. The smallest absolute Gasteiger partial charge is 0.219 e. The number of amides is 1. The molecule has 1 aliphatic heterocycles. The minimum atomic E-state index is 0.0253. The SMILES string of the molecule is CC(=O)N1C[C@H](c2nc(Nc3cccc(/C(N)=C/N(C)N)c3)cc(-c3cnccn3)n2)CC[C@@H]1C. The number of benzene rings is 1. The molecule has 182 valence electrons. The first kappa shape index (κ1) is 24.1. The van der Waals surface area contributed by atoms with Crippen LogP contribution >= 0.6 is 0 Å². The minimum absolute atomic E-state index is 0.0253. The van der Waals surface area contributed by atoms with E-state index >= 15 is 0 Å². The van der Waals surface area contributed by atoms with Crippen molar-refractivity contribution in [3.05, 3.63) is 66.5 Å². The fraction of sp³-hybridized carbons (Fsp3) is 0.320. The van der Waals surface area contributed by atoms with Gasteiger partial charge in [-0.05, 0) is 31.9 Å². The lowest BCUT2D eigenvalue weighted by molar-refractivity contribution is -0.132. The molecule has 4 rings (SSSR count). The number of piperidine rings is 1. The summed E-state index contributed by atoms with van der Waals surface area (Å²) in [5.41, 5.74) is 9.67. The van der Waals surface area contributed by atoms with Crippen LogP contribution in [0.25, 0.3) is 17.1 Å². The van der Waals surface area contributed by atoms with Gasteiger partial charge in [0.2, 0.25) is 5.91 Å². The Kier molecular flexibility index (Phi) is 7.21. The summed E-state index contributed by atoms with van der Waals surface area (Å²) in [5, 5.41) is 4.79. The van der Waals surface area contributed by atoms with Gasteiger partial charge in [-0.15, -0.1) is 0 Å². The van der Waals surface area contributed by atoms with Crippen LogP contribution in [0.3, 0.4) is 0 Å². The summed E-state index contributed by atoms with van der Waals surface area (Å²) in [6.07, 6.45) is 8.39. The van der Waals surface area contributed by atoms with Crippen molar-refractivity contribution in [1.82, 2.24) is 29.8 Å². The zero-order valence-corrected chi connectivity index (χ0v) is 20.2. The molecule has 10 nitrogen and oxygen atoms in total. The third kappa shape index (κ3) is 5.90. The third-order valence-corrected chi connectivity index (χ3v) is 6.03. The number of nitrogens with zero attached hydrogens (tertiary/aromatic N) is 6. The molecule has 0 unspecified atom stereocenters. The Morgan fingerprint density at radius 1 is 1.20 bits per heavy atom. The molecular weight excluding hydrogens is 442 g/mol. The molecule has 0 bridgehead atoms. The highest BCUT2D eigenvalue weighted by molar-refractivity contribution is 5.74. The Hall–Kier alpha value is -4.05. The molecule has 1 aromatic carbocycles. The van der Waals surface area contributed by atoms with Gasteiger partial charge in [0.05, 0.1) is 17.6 Å². The zero-order chi connectivity index (χ0) is 24.9. The number of hydrogen-bond acceptors (Lipinski definition) is 9. The lowest BCUT2D eigenvalue weighted by Gasteiger charge is -2.37. The number of carbonyl (C=O) groups excluding carboxylic acids is 1. The molecule has 1 amide bonds. The van der Waals surface area contributed by atoms with Crippen LogP contribution in [-0.2, 0) is 4.79 Å². The monoisotopic (exact) mass is 473 g/mol. The fourth-order valence-corrected chi connectivity index (χ4v) is 4.25. The van der Waals surface area contributed by atoms with Gasteiger partial charge in [0.1, 0.15) is 17.3 Å². The van der Waals surface area contributed by atoms with Crippen LogP contribution in [0.2, 0.25) is 0 Å². The van der Waals surface area contributed by atoms with Gasteiger partial charge in [0.25, 0.3) is 0 Å². The molecular formula is C25H31N9O. The standard InChI is InChI=1S/C25H31N9O/c1-16-7-8-19(14-34(16)17(2)35)25-31-22(23-13-28-9-10-29-23)12-24(32-25)30-20-6-4-5-18(11-20)21(26)15-33(3)27/h4-6,9-13,15-16,19H,7-8,14,26-27H2,1-3H3,(H,30,31,32)/b21-15-/t16-,19+/m0/s1. The second kappa shape index (κ2) is 10.5. The number of likely N-dealkylation sites (tertiary alicyclic amines) is 1. The summed E-state index contributed by atoms with van der Waals surface area (Å²) in [7, 11) is 1.71. The lowest BCUT2D eigenvalue weighted by atomic mass is 9.92. The van der Waals surface area contributed by atoms with Crippen molar-refractivity contribution in [2.24, 2.45) is 11.6 Å². The highest BCUT2D eigenvalue weighted by atomic mass is 16.2. The van der Waals surface area contributed by atoms with Crippen molar-refractivity contribution >= 4 is 23.1 Å². The van der Waals surface area contributed by atoms with Crippen molar-refractivity contribution in [2.45, 2.75) is 38.6 Å². The lowest BCUT2D eigenvalue weighted by Crippen LogP contribution is -2.44. The van der Waals surface area contributed by atoms with E-state index < -0.39 is 0 Å². The van der Waals surface area contributed by atoms with Gasteiger partial charge >= 0.3 is 0 Å². The molecule has 3 heterocycles. The molecule has 3 aromatic rings. The second-order valence-corrected chi connectivity index (χ2v) is 8.84. The molecule has 1 fully saturated rings. The van der Waals surface area contributed by atoms with Gasteiger partial charge in [-0.1, -0.05) is 12.1 Å². The number of hydrogen-bond donors (Lipinski definition) is 3. The topological polar surface area (TPSA) is 139 Å². The number of hydrazine groups is 1. The maximum absolute atomic E-state index is 12.2. The third-order valence-electron chi connectivity index (χ3n) is 6.03. The predicted octanol–water partition coefficient (Wildman–Crippen LogP) is 2.85. The molecule has 35 heavy (non-hydrogen) atoms. The molecule has 2 aromatic heterocycles. The van der Waals surface area contributed by atoms with Crippen molar-refractivity contribution < 1.29 is 4.79 Å². The van der Waals surface area contributed by atoms with Crippen LogP contribution in [0.5, 0.6) is 0 Å². The average molecular weight is 474 g/mol. The molecule has 10 heteroatoms. The van der Waals surface area contributed by atoms with Gasteiger partial charge in [0, 0.05) is 68.4 Å². The summed E-state index contributed by atoms with van der Waals surface area (Å²) >= 11 is 0. The van der Waals surface area contributed by atoms with Crippen molar-refractivity contribution in [1.29, 1.82) is 0 Å². The van der Waals surface area contributed by atoms with E-state index in [1.54, 1.807) is 38.8 Å². The van der Waals surface area contributed by atoms with E-state index in [2.05, 4.69) is 22.2 Å². The highest BCUT2D eigenvalue weighted by Gasteiger charge is 2.30. The summed E-state index contributed by atoms with van der Waals surface area (Å²) in [6, 6.07) is 9.75. The van der Waals surface area contributed by atoms with E-state index in [-0.39, 0.29) is 17.9 Å². The van der Waals surface area contributed by atoms with Crippen LogP contribution in [0, 0.1) is 0 Å². The van der Waals surface area contributed by atoms with E-state index in [9.17, 15) is 4.79 Å². The minimum Gasteiger partial charge on any atom is -0.397 e. The van der Waals surface area contributed by atoms with E-state index in [1.165, 1.54) is 5.01 Å². The first-order valence-corrected chi connectivity index (χ1v) is 11.5. The molecule has 5 N–H and O–H groups in total. The van der Waals surface area contributed by atoms with Crippen LogP contribution in [0.1, 0.15) is 44.0 Å². The predicted molar refractivity (Wildman–Crippen MR) is 136 cm³/mol. The summed E-state index contributed by atoms with van der Waals surface area (Å²) in [5.74, 6) is 7.09. The van der Waals surface area contributed by atoms with Crippen molar-refractivity contribution in [2.75, 3.05) is 18.9 Å². The quantitative estimate of drug-likeness (QED) is 0.364. The van der Waals surface area contributed by atoms with Gasteiger partial charge < -0.3 is 21.0 Å². The van der Waals surface area contributed by atoms with E-state index in [0.29, 0.717) is 35.3 Å². The van der Waals surface area contributed by atoms with Crippen molar-refractivity contribution in [3.8, 4) is 11.4 Å². The van der Waals surface area contributed by atoms with Crippen molar-refractivity contribution in [3.63, 3.8) is 0 Å². The van der Waals surface area contributed by atoms with Crippen LogP contribution in [0.4, 0.5) is 11.5 Å². The Bertz CT molecular complexity index is 1210. The Morgan fingerprint density at radius 3 is 2.74 bits per heavy atom. The first-order chi connectivity index (χ1) is 16.8. The molecule has 0 saturated carbocycles. The van der Waals surface area contributed by atoms with Crippen LogP contribution in [-0.4, -0.2) is 55.4 Å². The molecule has 0 aliphatic carbocycles. The largest absolute Gasteiger partial charge is 0.397 e. The van der Waals surface area contributed by atoms with E-state index in [4.69, 9.17) is 21.5 Å². The number of carbonyl (C=O) groups is 1. The van der Waals surface area contributed by atoms with Gasteiger partial charge in [-0.25, -0.2) is 15.8 Å². The van der Waals surface area contributed by atoms with Crippen LogP contribution in [0.15, 0.2) is 55.1 Å². The Morgan fingerprint density at radius 2 is 2.03 bits per heavy atom. The fourth-order valence-electron chi connectivity index (χ4n) is 4.25. The maximum Gasteiger partial charge on any atom is 0.219 e. The normalized spacial score (nSPS) is 18.3. The Balaban J connectivity index is 1.69. The molecule has 1 saturated heterocycles. The number of nitrogens with one attached hydrogen (secondary N) is 1. The number of aromatic nitrogens is 4. The maximum atomic E-state index is 12.2. The van der Waals surface area contributed by atoms with Gasteiger partial charge in [0.15, 0.2) is 0 Å². The molecule has 0 spiro atoms. The average Bonchev–Trinajstić information content (AvgIpc) is 2.84. The number of rotatable bonds is 6. The van der Waals surface area contributed by atoms with Crippen LogP contribution < -0.4 is 16.9 Å². The number of nitrogens with two attached hydrogens (primary N) is 2. The number of anilines is 2. The van der Waals surface area contributed by atoms with E-state index in [0.717, 1.165) is 24.1 Å². The first-order valence-electron chi connectivity index (χ1n) is 11.5. The van der Waals surface area contributed by atoms with E-state index in [1.807, 2.05) is 35.2 Å². The molecule has 0 radical (unpaired) electrons. The van der Waals surface area contributed by atoms with Gasteiger partial charge in [-0.2, -0.15) is 0 Å². The van der Waals surface area contributed by atoms with Gasteiger partial charge in [-0.3, -0.25) is 14.8 Å². The Labute approximate surface area is 205 Å².